The first-order valence-electron chi connectivity index (χ1n) is 33.5. The molecule has 26 heteroatoms. The van der Waals surface area contributed by atoms with Crippen molar-refractivity contribution in [3.05, 3.63) is 131 Å². The van der Waals surface area contributed by atoms with Crippen LogP contribution in [0.1, 0.15) is 111 Å². The van der Waals surface area contributed by atoms with Gasteiger partial charge < -0.3 is 70.5 Å². The Balaban J connectivity index is 0.000000227. The Morgan fingerprint density at radius 1 is 0.608 bits per heavy atom. The van der Waals surface area contributed by atoms with Crippen LogP contribution in [0.4, 0.5) is 21.0 Å². The van der Waals surface area contributed by atoms with Crippen molar-refractivity contribution in [2.45, 2.75) is 161 Å². The summed E-state index contributed by atoms with van der Waals surface area (Å²) in [6.45, 7) is 24.2. The van der Waals surface area contributed by atoms with Crippen LogP contribution in [0.25, 0.3) is 11.1 Å². The highest BCUT2D eigenvalue weighted by molar-refractivity contribution is 7.89. The molecule has 530 valence electrons. The molecule has 4 aromatic rings. The number of allylic oxidation sites excluding steroid dienone is 1. The molecule has 6 aliphatic rings. The lowest BCUT2D eigenvalue weighted by Gasteiger charge is -2.31. The lowest BCUT2D eigenvalue weighted by molar-refractivity contribution is -0.111. The van der Waals surface area contributed by atoms with Crippen molar-refractivity contribution in [2.75, 3.05) is 76.3 Å². The summed E-state index contributed by atoms with van der Waals surface area (Å²) in [5.41, 5.74) is 5.04. The van der Waals surface area contributed by atoms with Gasteiger partial charge in [-0.15, -0.1) is 0 Å². The predicted molar refractivity (Wildman–Crippen MR) is 367 cm³/mol. The normalized spacial score (nSPS) is 22.8. The molecule has 4 fully saturated rings. The molecule has 6 heterocycles. The molecule has 6 aliphatic heterocycles. The van der Waals surface area contributed by atoms with Gasteiger partial charge in [0.1, 0.15) is 12.2 Å². The number of rotatable bonds is 26. The van der Waals surface area contributed by atoms with Gasteiger partial charge in [-0.1, -0.05) is 130 Å². The Morgan fingerprint density at radius 2 is 1.04 bits per heavy atom. The number of aliphatic hydroxyl groups excluding tert-OH is 2. The van der Waals surface area contributed by atoms with Gasteiger partial charge in [0.2, 0.25) is 20.0 Å². The van der Waals surface area contributed by atoms with Crippen LogP contribution in [0.3, 0.4) is 0 Å². The van der Waals surface area contributed by atoms with Gasteiger partial charge in [-0.05, 0) is 103 Å². The second-order valence-electron chi connectivity index (χ2n) is 29.1. The molecule has 97 heavy (non-hydrogen) atoms. The zero-order valence-corrected chi connectivity index (χ0v) is 59.1. The summed E-state index contributed by atoms with van der Waals surface area (Å²) < 4.78 is 93.2. The molecule has 0 spiro atoms. The summed E-state index contributed by atoms with van der Waals surface area (Å²) in [6, 6.07) is 26.1. The average molecular weight is 1380 g/mol. The SMILES string of the molecule is CC(C)CN(CC(O)C(Cc1ccccc1)NC(=O)OC1COC2OCCC12)S(=O)(=O)c1ccc2c(c1)C(=CNCC(C)(C)C)C(=O)N2.CC(NCC(C)(C)C)=C1C(=O)Nc2ccc(S(=O)(=O)N(CC(C)C)CC(O)C(Cc3ccccc3)NC(=O)OC3COC4OCCC34)cc21. The van der Waals surface area contributed by atoms with E-state index in [1.54, 1.807) is 18.3 Å². The maximum Gasteiger partial charge on any atom is 0.407 e. The molecular formula is C71H98N8O16S2. The van der Waals surface area contributed by atoms with E-state index in [4.69, 9.17) is 28.4 Å². The number of benzene rings is 4. The standard InChI is InChI=1S/C36H50N4O8S.C35H48N4O8S/c1-22(2)18-40(49(44,45)25-12-13-28-27(17-25)32(33(42)38-28)23(3)37-21-36(4,5)6)19-30(41)29(16-24-10-8-7-9-11-24)39-35(43)48-31-20-47-34-26(31)14-15-46-34;1-22(2)18-39(48(43,44)24-11-12-28-26(16-24)27(32(41)37-28)17-36-21-35(3,4)5)19-30(40)29(15-23-9-7-6-8-10-23)38-34(42)47-31-20-46-33-25(31)13-14-45-33/h7-13,17,22,26,29-31,34,37,41H,14-16,18-21H2,1-6H3,(H,38,42)(H,39,43);6-12,16-17,22,25,29-31,33,36,40H,13-15,18-21H2,1-5H3,(H,37,41)(H,38,42). The van der Waals surface area contributed by atoms with Crippen LogP contribution in [0, 0.1) is 34.5 Å². The quantitative estimate of drug-likeness (QED) is 0.0278. The fourth-order valence-electron chi connectivity index (χ4n) is 12.5. The number of sulfonamides is 2. The molecule has 24 nitrogen and oxygen atoms in total. The monoisotopic (exact) mass is 1380 g/mol. The van der Waals surface area contributed by atoms with E-state index in [0.29, 0.717) is 65.6 Å². The number of carbonyl (C=O) groups is 4. The molecule has 0 saturated carbocycles. The van der Waals surface area contributed by atoms with Crippen LogP contribution < -0.4 is 31.9 Å². The number of ether oxygens (including phenoxy) is 6. The van der Waals surface area contributed by atoms with Gasteiger partial charge in [-0.25, -0.2) is 26.4 Å². The molecule has 10 unspecified atom stereocenters. The molecule has 0 aromatic heterocycles. The lowest BCUT2D eigenvalue weighted by Crippen LogP contribution is -2.51. The number of amides is 4. The van der Waals surface area contributed by atoms with Crippen LogP contribution in [0.2, 0.25) is 0 Å². The summed E-state index contributed by atoms with van der Waals surface area (Å²) in [6.07, 6.45) is -2.20. The molecule has 10 atom stereocenters. The minimum Gasteiger partial charge on any atom is -0.443 e. The molecule has 0 aliphatic carbocycles. The van der Waals surface area contributed by atoms with E-state index in [9.17, 15) is 46.2 Å². The van der Waals surface area contributed by atoms with E-state index < -0.39 is 68.7 Å². The average Bonchev–Trinajstić information content (AvgIpc) is 1.65. The number of hydrogen-bond donors (Lipinski definition) is 8. The Bertz CT molecular complexity index is 3710. The van der Waals surface area contributed by atoms with E-state index in [1.807, 2.05) is 95.3 Å². The molecular weight excluding hydrogens is 1280 g/mol. The summed E-state index contributed by atoms with van der Waals surface area (Å²) in [4.78, 5) is 52.1. The Labute approximate surface area is 571 Å². The highest BCUT2D eigenvalue weighted by Crippen LogP contribution is 2.39. The second-order valence-corrected chi connectivity index (χ2v) is 33.0. The lowest BCUT2D eigenvalue weighted by atomic mass is 9.96. The van der Waals surface area contributed by atoms with Crippen molar-refractivity contribution >= 4 is 66.6 Å². The third-order valence-electron chi connectivity index (χ3n) is 17.5. The van der Waals surface area contributed by atoms with Crippen molar-refractivity contribution in [3.63, 3.8) is 0 Å². The van der Waals surface area contributed by atoms with Crippen molar-refractivity contribution in [1.29, 1.82) is 0 Å². The first-order chi connectivity index (χ1) is 45.8. The number of anilines is 2. The number of hydrogen-bond acceptors (Lipinski definition) is 18. The number of fused-ring (bicyclic) bond motifs is 4. The van der Waals surface area contributed by atoms with Crippen molar-refractivity contribution in [1.82, 2.24) is 29.9 Å². The molecule has 4 aromatic carbocycles. The van der Waals surface area contributed by atoms with Gasteiger partial charge in [0.05, 0.1) is 83.5 Å². The van der Waals surface area contributed by atoms with Crippen molar-refractivity contribution < 1.29 is 74.6 Å². The fraction of sp³-hybridized carbons (Fsp3) is 0.549. The maximum atomic E-state index is 14.3. The fourth-order valence-corrected chi connectivity index (χ4v) is 15.8. The van der Waals surface area contributed by atoms with Crippen LogP contribution in [0.5, 0.6) is 0 Å². The Kier molecular flexibility index (Phi) is 24.4. The van der Waals surface area contributed by atoms with Gasteiger partial charge >= 0.3 is 12.2 Å². The minimum atomic E-state index is -4.16. The third kappa shape index (κ3) is 19.5. The highest BCUT2D eigenvalue weighted by atomic mass is 32.2. The number of nitrogens with zero attached hydrogens (tertiary/aromatic N) is 2. The van der Waals surface area contributed by atoms with E-state index in [2.05, 4.69) is 73.4 Å². The van der Waals surface area contributed by atoms with Gasteiger partial charge in [0, 0.05) is 73.7 Å². The van der Waals surface area contributed by atoms with Crippen molar-refractivity contribution in [3.8, 4) is 0 Å². The zero-order valence-electron chi connectivity index (χ0n) is 57.5. The molecule has 0 radical (unpaired) electrons. The maximum absolute atomic E-state index is 14.3. The van der Waals surface area contributed by atoms with Crippen molar-refractivity contribution in [2.24, 2.45) is 34.5 Å². The van der Waals surface area contributed by atoms with E-state index in [0.717, 1.165) is 24.0 Å². The van der Waals surface area contributed by atoms with Crippen LogP contribution in [0.15, 0.2) is 119 Å². The number of aliphatic hydroxyl groups is 2. The Hall–Kier alpha value is -6.98. The number of carbonyl (C=O) groups excluding carboxylic acids is 4. The summed E-state index contributed by atoms with van der Waals surface area (Å²) in [7, 11) is -8.31. The topological polar surface area (TPSA) is 311 Å². The molecule has 4 saturated heterocycles. The second kappa shape index (κ2) is 31.9. The van der Waals surface area contributed by atoms with Crippen LogP contribution in [-0.4, -0.2) is 174 Å². The van der Waals surface area contributed by atoms with Gasteiger partial charge in [0.25, 0.3) is 11.8 Å². The molecule has 10 rings (SSSR count). The Morgan fingerprint density at radius 3 is 1.48 bits per heavy atom. The van der Waals surface area contributed by atoms with Crippen LogP contribution in [-0.2, 0) is 70.9 Å². The molecule has 0 bridgehead atoms. The smallest absolute Gasteiger partial charge is 0.407 e. The third-order valence-corrected chi connectivity index (χ3v) is 21.1. The number of nitrogens with one attached hydrogen (secondary N) is 6. The van der Waals surface area contributed by atoms with E-state index in [-0.39, 0.29) is 121 Å². The zero-order chi connectivity index (χ0) is 70.1. The summed E-state index contributed by atoms with van der Waals surface area (Å²) in [5.74, 6) is -0.884. The number of alkyl carbamates (subject to hydrolysis) is 2. The molecule has 8 N–H and O–H groups in total. The van der Waals surface area contributed by atoms with E-state index >= 15 is 0 Å². The summed E-state index contributed by atoms with van der Waals surface area (Å²) in [5, 5.41) is 41.0. The summed E-state index contributed by atoms with van der Waals surface area (Å²) >= 11 is 0. The van der Waals surface area contributed by atoms with Gasteiger partial charge in [-0.2, -0.15) is 8.61 Å². The predicted octanol–water partition coefficient (Wildman–Crippen LogP) is 7.83. The van der Waals surface area contributed by atoms with Gasteiger partial charge in [-0.3, -0.25) is 9.59 Å². The first kappa shape index (κ1) is 74.2. The van der Waals surface area contributed by atoms with E-state index in [1.165, 1.54) is 32.9 Å². The van der Waals surface area contributed by atoms with Crippen LogP contribution >= 0.6 is 0 Å². The first-order valence-corrected chi connectivity index (χ1v) is 36.4. The molecule has 4 amide bonds. The minimum absolute atomic E-state index is 0.00160. The highest BCUT2D eigenvalue weighted by Gasteiger charge is 2.46. The largest absolute Gasteiger partial charge is 0.443 e. The van der Waals surface area contributed by atoms with Gasteiger partial charge in [0.15, 0.2) is 12.6 Å².